The van der Waals surface area contributed by atoms with Gasteiger partial charge in [-0.2, -0.15) is 0 Å². The Morgan fingerprint density at radius 3 is 2.60 bits per heavy atom. The first-order chi connectivity index (χ1) is 14.5. The van der Waals surface area contributed by atoms with Gasteiger partial charge in [0.25, 0.3) is 11.6 Å². The van der Waals surface area contributed by atoms with Crippen molar-refractivity contribution >= 4 is 29.3 Å². The molecule has 2 heterocycles. The third kappa shape index (κ3) is 4.33. The van der Waals surface area contributed by atoms with Gasteiger partial charge in [0.1, 0.15) is 0 Å². The third-order valence-corrected chi connectivity index (χ3v) is 6.27. The largest absolute Gasteiger partial charge is 0.329 e. The highest BCUT2D eigenvalue weighted by atomic mass is 32.2. The molecule has 1 fully saturated rings. The molecule has 3 aromatic rings. The van der Waals surface area contributed by atoms with Gasteiger partial charge in [0.15, 0.2) is 5.16 Å². The number of benzene rings is 1. The second kappa shape index (κ2) is 8.62. The van der Waals surface area contributed by atoms with Crippen molar-refractivity contribution in [2.75, 3.05) is 5.32 Å². The standard InChI is InChI=1S/C20H20N6O3S/c1-25-9-8-21-20(25)30-17-7-6-15(26(28)29)10-16(17)18(27)24-19-22-11-14(12-23-19)13-4-2-3-5-13/h6-13H,2-5H2,1H3,(H,22,23,24,27). The maximum absolute atomic E-state index is 12.9. The zero-order valence-electron chi connectivity index (χ0n) is 16.3. The molecule has 0 unspecified atom stereocenters. The molecule has 1 aliphatic carbocycles. The summed E-state index contributed by atoms with van der Waals surface area (Å²) in [5, 5.41) is 14.5. The van der Waals surface area contributed by atoms with Crippen molar-refractivity contribution in [3.8, 4) is 0 Å². The Balaban J connectivity index is 1.57. The van der Waals surface area contributed by atoms with E-state index in [2.05, 4.69) is 20.3 Å². The number of nitrogens with zero attached hydrogens (tertiary/aromatic N) is 5. The Morgan fingerprint density at radius 2 is 1.97 bits per heavy atom. The van der Waals surface area contributed by atoms with Crippen LogP contribution in [0, 0.1) is 10.1 Å². The topological polar surface area (TPSA) is 116 Å². The van der Waals surface area contributed by atoms with Crippen molar-refractivity contribution in [2.45, 2.75) is 41.7 Å². The molecule has 0 aliphatic heterocycles. The number of hydrogen-bond donors (Lipinski definition) is 1. The lowest BCUT2D eigenvalue weighted by molar-refractivity contribution is -0.384. The van der Waals surface area contributed by atoms with Gasteiger partial charge in [-0.05, 0) is 30.4 Å². The monoisotopic (exact) mass is 424 g/mol. The smallest absolute Gasteiger partial charge is 0.270 e. The molecule has 0 saturated heterocycles. The van der Waals surface area contributed by atoms with E-state index < -0.39 is 10.8 Å². The lowest BCUT2D eigenvalue weighted by atomic mass is 10.0. The van der Waals surface area contributed by atoms with E-state index >= 15 is 0 Å². The summed E-state index contributed by atoms with van der Waals surface area (Å²) >= 11 is 1.25. The van der Waals surface area contributed by atoms with Crippen LogP contribution >= 0.6 is 11.8 Å². The lowest BCUT2D eigenvalue weighted by Crippen LogP contribution is -2.16. The quantitative estimate of drug-likeness (QED) is 0.466. The number of nitro benzene ring substituents is 1. The Kier molecular flexibility index (Phi) is 5.75. The van der Waals surface area contributed by atoms with Gasteiger partial charge in [0.2, 0.25) is 5.95 Å². The summed E-state index contributed by atoms with van der Waals surface area (Å²) in [6, 6.07) is 4.18. The van der Waals surface area contributed by atoms with E-state index in [1.165, 1.54) is 36.7 Å². The molecular formula is C20H20N6O3S. The Hall–Kier alpha value is -3.27. The van der Waals surface area contributed by atoms with Gasteiger partial charge in [-0.3, -0.25) is 20.2 Å². The fourth-order valence-corrected chi connectivity index (χ4v) is 4.40. The number of carbonyl (C=O) groups is 1. The van der Waals surface area contributed by atoms with Gasteiger partial charge in [-0.15, -0.1) is 0 Å². The van der Waals surface area contributed by atoms with E-state index in [4.69, 9.17) is 0 Å². The molecule has 1 N–H and O–H groups in total. The molecule has 0 atom stereocenters. The van der Waals surface area contributed by atoms with Crippen LogP contribution in [0.25, 0.3) is 0 Å². The predicted molar refractivity (Wildman–Crippen MR) is 112 cm³/mol. The van der Waals surface area contributed by atoms with Crippen LogP contribution in [0.2, 0.25) is 0 Å². The minimum absolute atomic E-state index is 0.165. The molecule has 1 aliphatic rings. The molecule has 0 radical (unpaired) electrons. The van der Waals surface area contributed by atoms with E-state index in [1.54, 1.807) is 35.4 Å². The number of rotatable bonds is 6. The first-order valence-electron chi connectivity index (χ1n) is 9.58. The maximum Gasteiger partial charge on any atom is 0.270 e. The fourth-order valence-electron chi connectivity index (χ4n) is 3.49. The number of carbonyl (C=O) groups excluding carboxylic acids is 1. The normalized spacial score (nSPS) is 14.0. The van der Waals surface area contributed by atoms with Crippen molar-refractivity contribution in [2.24, 2.45) is 7.05 Å². The first-order valence-corrected chi connectivity index (χ1v) is 10.4. The lowest BCUT2D eigenvalue weighted by Gasteiger charge is -2.11. The summed E-state index contributed by atoms with van der Waals surface area (Å²) in [5.41, 5.74) is 1.08. The van der Waals surface area contributed by atoms with Crippen LogP contribution in [0.4, 0.5) is 11.6 Å². The second-order valence-electron chi connectivity index (χ2n) is 7.14. The van der Waals surface area contributed by atoms with Crippen LogP contribution in [0.3, 0.4) is 0 Å². The highest BCUT2D eigenvalue weighted by Gasteiger charge is 2.21. The fraction of sp³-hybridized carbons (Fsp3) is 0.300. The van der Waals surface area contributed by atoms with Crippen molar-refractivity contribution in [1.82, 2.24) is 19.5 Å². The van der Waals surface area contributed by atoms with E-state index in [0.29, 0.717) is 16.0 Å². The van der Waals surface area contributed by atoms with Crippen molar-refractivity contribution in [1.29, 1.82) is 0 Å². The Morgan fingerprint density at radius 1 is 1.23 bits per heavy atom. The van der Waals surface area contributed by atoms with Gasteiger partial charge < -0.3 is 4.57 Å². The van der Waals surface area contributed by atoms with E-state index in [-0.39, 0.29) is 17.2 Å². The minimum Gasteiger partial charge on any atom is -0.329 e. The summed E-state index contributed by atoms with van der Waals surface area (Å²) in [6.45, 7) is 0. The predicted octanol–water partition coefficient (Wildman–Crippen LogP) is 4.18. The molecule has 30 heavy (non-hydrogen) atoms. The number of aromatic nitrogens is 4. The molecule has 1 aromatic carbocycles. The summed E-state index contributed by atoms with van der Waals surface area (Å²) in [5.74, 6) is 0.137. The zero-order chi connectivity index (χ0) is 21.1. The Labute approximate surface area is 177 Å². The van der Waals surface area contributed by atoms with Gasteiger partial charge >= 0.3 is 0 Å². The summed E-state index contributed by atoms with van der Waals surface area (Å²) < 4.78 is 1.80. The molecular weight excluding hydrogens is 404 g/mol. The molecule has 9 nitrogen and oxygen atoms in total. The molecule has 4 rings (SSSR count). The summed E-state index contributed by atoms with van der Waals surface area (Å²) in [6.07, 6.45) is 11.6. The zero-order valence-corrected chi connectivity index (χ0v) is 17.1. The van der Waals surface area contributed by atoms with Crippen molar-refractivity contribution in [3.63, 3.8) is 0 Å². The summed E-state index contributed by atoms with van der Waals surface area (Å²) in [4.78, 5) is 36.9. The number of amides is 1. The van der Waals surface area contributed by atoms with E-state index in [0.717, 1.165) is 18.4 Å². The van der Waals surface area contributed by atoms with Gasteiger partial charge in [0, 0.05) is 48.9 Å². The van der Waals surface area contributed by atoms with Crippen LogP contribution in [-0.4, -0.2) is 30.3 Å². The highest BCUT2D eigenvalue weighted by molar-refractivity contribution is 7.99. The minimum atomic E-state index is -0.529. The van der Waals surface area contributed by atoms with E-state index in [9.17, 15) is 14.9 Å². The van der Waals surface area contributed by atoms with Crippen LogP contribution in [0.5, 0.6) is 0 Å². The van der Waals surface area contributed by atoms with Gasteiger partial charge in [-0.25, -0.2) is 15.0 Å². The maximum atomic E-state index is 12.9. The number of imidazole rings is 1. The number of aryl methyl sites for hydroxylation is 1. The average molecular weight is 424 g/mol. The molecule has 0 bridgehead atoms. The highest BCUT2D eigenvalue weighted by Crippen LogP contribution is 2.34. The van der Waals surface area contributed by atoms with Crippen LogP contribution in [-0.2, 0) is 7.05 Å². The summed E-state index contributed by atoms with van der Waals surface area (Å²) in [7, 11) is 1.83. The van der Waals surface area contributed by atoms with E-state index in [1.807, 2.05) is 7.05 Å². The second-order valence-corrected chi connectivity index (χ2v) is 8.14. The van der Waals surface area contributed by atoms with Gasteiger partial charge in [0.05, 0.1) is 10.5 Å². The number of non-ortho nitro benzene ring substituents is 1. The number of hydrogen-bond acceptors (Lipinski definition) is 7. The molecule has 0 spiro atoms. The van der Waals surface area contributed by atoms with Crippen LogP contribution in [0.15, 0.2) is 53.0 Å². The molecule has 10 heteroatoms. The number of anilines is 1. The molecule has 1 amide bonds. The average Bonchev–Trinajstić information content (AvgIpc) is 3.41. The van der Waals surface area contributed by atoms with Gasteiger partial charge in [-0.1, -0.05) is 24.6 Å². The molecule has 154 valence electrons. The molecule has 2 aromatic heterocycles. The number of nitro groups is 1. The van der Waals surface area contributed by atoms with Crippen LogP contribution < -0.4 is 5.32 Å². The third-order valence-electron chi connectivity index (χ3n) is 5.12. The Bertz CT molecular complexity index is 1080. The molecule has 1 saturated carbocycles. The van der Waals surface area contributed by atoms with Crippen molar-refractivity contribution in [3.05, 3.63) is 64.2 Å². The van der Waals surface area contributed by atoms with Crippen molar-refractivity contribution < 1.29 is 9.72 Å². The SMILES string of the molecule is Cn1ccnc1Sc1ccc([N+](=O)[O-])cc1C(=O)Nc1ncc(C2CCCC2)cn1. The number of nitrogens with one attached hydrogen (secondary N) is 1. The first kappa shape index (κ1) is 20.0. The van der Waals surface area contributed by atoms with Crippen LogP contribution in [0.1, 0.15) is 47.5 Å².